The van der Waals surface area contributed by atoms with Crippen molar-refractivity contribution in [3.63, 3.8) is 0 Å². The molecule has 3 rings (SSSR count). The van der Waals surface area contributed by atoms with Crippen molar-refractivity contribution in [2.75, 3.05) is 37.7 Å². The maximum absolute atomic E-state index is 13.0. The van der Waals surface area contributed by atoms with E-state index in [0.29, 0.717) is 31.3 Å². The van der Waals surface area contributed by atoms with E-state index in [2.05, 4.69) is 17.1 Å². The molecule has 0 bridgehead atoms. The van der Waals surface area contributed by atoms with Gasteiger partial charge in [-0.25, -0.2) is 4.79 Å². The summed E-state index contributed by atoms with van der Waals surface area (Å²) in [5.41, 5.74) is 0.958. The number of hydrogen-bond acceptors (Lipinski definition) is 5. The maximum atomic E-state index is 13.0. The van der Waals surface area contributed by atoms with Crippen molar-refractivity contribution in [3.8, 4) is 0 Å². The summed E-state index contributed by atoms with van der Waals surface area (Å²) in [5.74, 6) is -0.308. The van der Waals surface area contributed by atoms with E-state index in [4.69, 9.17) is 16.3 Å². The highest BCUT2D eigenvalue weighted by atomic mass is 35.5. The monoisotopic (exact) mass is 393 g/mol. The van der Waals surface area contributed by atoms with Crippen LogP contribution in [0.15, 0.2) is 24.3 Å². The highest BCUT2D eigenvalue weighted by Crippen LogP contribution is 2.24. The normalized spacial score (nSPS) is 22.7. The minimum Gasteiger partial charge on any atom is -0.464 e. The number of halogens is 1. The molecule has 6 nitrogen and oxygen atoms in total. The van der Waals surface area contributed by atoms with E-state index in [-0.39, 0.29) is 17.9 Å². The quantitative estimate of drug-likeness (QED) is 0.594. The molecule has 2 saturated heterocycles. The lowest BCUT2D eigenvalue weighted by Gasteiger charge is -2.42. The Morgan fingerprint density at radius 3 is 2.89 bits per heavy atom. The number of nitrogens with zero attached hydrogens (tertiary/aromatic N) is 2. The first-order chi connectivity index (χ1) is 13.1. The van der Waals surface area contributed by atoms with Crippen molar-refractivity contribution in [1.29, 1.82) is 0 Å². The largest absolute Gasteiger partial charge is 0.464 e. The minimum absolute atomic E-state index is 0.00989. The number of nitrogens with one attached hydrogen (secondary N) is 1. The van der Waals surface area contributed by atoms with Crippen LogP contribution >= 0.6 is 11.6 Å². The Labute approximate surface area is 165 Å². The van der Waals surface area contributed by atoms with Gasteiger partial charge in [-0.1, -0.05) is 31.0 Å². The fourth-order valence-electron chi connectivity index (χ4n) is 3.66. The second kappa shape index (κ2) is 9.42. The summed E-state index contributed by atoms with van der Waals surface area (Å²) in [5, 5.41) is 3.90. The van der Waals surface area contributed by atoms with Gasteiger partial charge in [-0.15, -0.1) is 0 Å². The third-order valence-electron chi connectivity index (χ3n) is 5.21. The average Bonchev–Trinajstić information content (AvgIpc) is 3.22. The summed E-state index contributed by atoms with van der Waals surface area (Å²) in [7, 11) is 0. The lowest BCUT2D eigenvalue weighted by Crippen LogP contribution is -2.61. The summed E-state index contributed by atoms with van der Waals surface area (Å²) in [4.78, 5) is 29.5. The Morgan fingerprint density at radius 1 is 1.33 bits per heavy atom. The Hall–Kier alpha value is -1.79. The van der Waals surface area contributed by atoms with Crippen LogP contribution in [0.5, 0.6) is 0 Å². The molecule has 1 amide bonds. The number of carbonyl (C=O) groups excluding carboxylic acids is 2. The Kier molecular flexibility index (Phi) is 6.96. The lowest BCUT2D eigenvalue weighted by atomic mass is 10.1. The van der Waals surface area contributed by atoms with Crippen LogP contribution in [0.3, 0.4) is 0 Å². The number of anilines is 1. The number of rotatable bonds is 6. The molecular formula is C20H28ClN3O3. The third kappa shape index (κ3) is 4.93. The highest BCUT2D eigenvalue weighted by Gasteiger charge is 2.39. The molecule has 1 N–H and O–H groups in total. The third-order valence-corrected chi connectivity index (χ3v) is 5.44. The van der Waals surface area contributed by atoms with Crippen LogP contribution in [0, 0.1) is 0 Å². The van der Waals surface area contributed by atoms with Crippen molar-refractivity contribution < 1.29 is 14.3 Å². The molecule has 2 aliphatic heterocycles. The van der Waals surface area contributed by atoms with E-state index >= 15 is 0 Å². The van der Waals surface area contributed by atoms with Crippen LogP contribution in [-0.4, -0.2) is 61.6 Å². The van der Waals surface area contributed by atoms with Gasteiger partial charge in [0.25, 0.3) is 0 Å². The van der Waals surface area contributed by atoms with Crippen LogP contribution < -0.4 is 10.2 Å². The zero-order chi connectivity index (χ0) is 19.2. The van der Waals surface area contributed by atoms with E-state index in [1.54, 1.807) is 4.90 Å². The van der Waals surface area contributed by atoms with Crippen molar-refractivity contribution in [1.82, 2.24) is 10.2 Å². The molecule has 0 radical (unpaired) electrons. The smallest absolute Gasteiger partial charge is 0.330 e. The summed E-state index contributed by atoms with van der Waals surface area (Å²) >= 11 is 6.12. The number of esters is 1. The van der Waals surface area contributed by atoms with Crippen LogP contribution in [0.2, 0.25) is 5.02 Å². The fraction of sp³-hybridized carbons (Fsp3) is 0.600. The van der Waals surface area contributed by atoms with Crippen molar-refractivity contribution in [2.45, 2.75) is 44.7 Å². The summed E-state index contributed by atoms with van der Waals surface area (Å²) < 4.78 is 5.47. The molecule has 1 aromatic rings. The van der Waals surface area contributed by atoms with Gasteiger partial charge in [-0.2, -0.15) is 0 Å². The van der Waals surface area contributed by atoms with E-state index in [9.17, 15) is 9.59 Å². The molecule has 2 heterocycles. The number of ether oxygens (including phenoxy) is 1. The minimum atomic E-state index is -0.593. The number of amides is 1. The molecular weight excluding hydrogens is 366 g/mol. The standard InChI is InChI=1S/C20H28ClN3O3/c1-2-3-12-27-20(26)18-14-23(16-7-4-6-15(21)13-16)10-11-24(18)19(25)17-8-5-9-22-17/h4,6-7,13,17-18,22H,2-3,5,8-12,14H2,1H3/t17-,18?/m0/s1. The summed E-state index contributed by atoms with van der Waals surface area (Å²) in [6, 6.07) is 6.80. The van der Waals surface area contributed by atoms with Crippen LogP contribution in [0.25, 0.3) is 0 Å². The summed E-state index contributed by atoms with van der Waals surface area (Å²) in [6.07, 6.45) is 3.60. The van der Waals surface area contributed by atoms with Crippen LogP contribution in [0.4, 0.5) is 5.69 Å². The Bertz CT molecular complexity index is 664. The second-order valence-electron chi connectivity index (χ2n) is 7.14. The number of unbranched alkanes of at least 4 members (excludes halogenated alkanes) is 1. The van der Waals surface area contributed by atoms with Gasteiger partial charge >= 0.3 is 5.97 Å². The van der Waals surface area contributed by atoms with Gasteiger partial charge < -0.3 is 19.9 Å². The zero-order valence-electron chi connectivity index (χ0n) is 15.8. The lowest BCUT2D eigenvalue weighted by molar-refractivity contribution is -0.156. The van der Waals surface area contributed by atoms with Crippen molar-refractivity contribution in [2.24, 2.45) is 0 Å². The van der Waals surface area contributed by atoms with Gasteiger partial charge in [0.1, 0.15) is 6.04 Å². The van der Waals surface area contributed by atoms with E-state index in [1.807, 2.05) is 24.3 Å². The van der Waals surface area contributed by atoms with E-state index in [1.165, 1.54) is 0 Å². The molecule has 1 unspecified atom stereocenters. The SMILES string of the molecule is CCCCOC(=O)C1CN(c2cccc(Cl)c2)CCN1C(=O)[C@@H]1CCCN1. The average molecular weight is 394 g/mol. The second-order valence-corrected chi connectivity index (χ2v) is 7.58. The van der Waals surface area contributed by atoms with Gasteiger partial charge in [-0.05, 0) is 44.0 Å². The molecule has 0 saturated carbocycles. The highest BCUT2D eigenvalue weighted by molar-refractivity contribution is 6.30. The van der Waals surface area contributed by atoms with Crippen molar-refractivity contribution in [3.05, 3.63) is 29.3 Å². The van der Waals surface area contributed by atoms with E-state index in [0.717, 1.165) is 37.9 Å². The van der Waals surface area contributed by atoms with Gasteiger partial charge in [-0.3, -0.25) is 4.79 Å². The summed E-state index contributed by atoms with van der Waals surface area (Å²) in [6.45, 7) is 4.88. The number of hydrogen-bond donors (Lipinski definition) is 1. The Morgan fingerprint density at radius 2 is 2.19 bits per heavy atom. The molecule has 7 heteroatoms. The topological polar surface area (TPSA) is 61.9 Å². The fourth-order valence-corrected chi connectivity index (χ4v) is 3.85. The molecule has 2 atom stereocenters. The molecule has 2 aliphatic rings. The van der Waals surface area contributed by atoms with Gasteiger partial charge in [0.05, 0.1) is 12.6 Å². The number of piperazine rings is 1. The molecule has 0 spiro atoms. The first-order valence-corrected chi connectivity index (χ1v) is 10.2. The Balaban J connectivity index is 1.75. The van der Waals surface area contributed by atoms with Crippen LogP contribution in [0.1, 0.15) is 32.6 Å². The maximum Gasteiger partial charge on any atom is 0.330 e. The van der Waals surface area contributed by atoms with Crippen LogP contribution in [-0.2, 0) is 14.3 Å². The first-order valence-electron chi connectivity index (χ1n) is 9.81. The predicted octanol–water partition coefficient (Wildman–Crippen LogP) is 2.45. The van der Waals surface area contributed by atoms with Gasteiger partial charge in [0, 0.05) is 30.3 Å². The van der Waals surface area contributed by atoms with E-state index < -0.39 is 6.04 Å². The molecule has 148 valence electrons. The van der Waals surface area contributed by atoms with Crippen molar-refractivity contribution >= 4 is 29.2 Å². The van der Waals surface area contributed by atoms with Gasteiger partial charge in [0.2, 0.25) is 5.91 Å². The predicted molar refractivity (Wildman–Crippen MR) is 106 cm³/mol. The molecule has 27 heavy (non-hydrogen) atoms. The van der Waals surface area contributed by atoms with Gasteiger partial charge in [0.15, 0.2) is 0 Å². The molecule has 1 aromatic carbocycles. The zero-order valence-corrected chi connectivity index (χ0v) is 16.6. The number of benzene rings is 1. The molecule has 0 aromatic heterocycles. The molecule has 2 fully saturated rings. The first kappa shape index (κ1) is 20.0. The number of carbonyl (C=O) groups is 2. The molecule has 0 aliphatic carbocycles.